The molecule has 1 amide bonds. The lowest BCUT2D eigenvalue weighted by Crippen LogP contribution is -2.29. The number of nitrogens with zero attached hydrogens (tertiary/aromatic N) is 2. The zero-order valence-electron chi connectivity index (χ0n) is 12.7. The number of piperidine rings is 1. The average molecular weight is 295 g/mol. The lowest BCUT2D eigenvalue weighted by Gasteiger charge is -2.28. The fraction of sp³-hybridized carbons (Fsp3) is 0.333. The van der Waals surface area contributed by atoms with Crippen LogP contribution in [0.2, 0.25) is 0 Å². The molecule has 0 bridgehead atoms. The van der Waals surface area contributed by atoms with Gasteiger partial charge in [0.05, 0.1) is 6.42 Å². The normalized spacial score (nSPS) is 14.6. The Kier molecular flexibility index (Phi) is 4.68. The summed E-state index contributed by atoms with van der Waals surface area (Å²) in [6.45, 7) is 2.27. The van der Waals surface area contributed by atoms with Crippen molar-refractivity contribution < 1.29 is 4.79 Å². The number of anilines is 2. The third kappa shape index (κ3) is 3.85. The molecule has 1 aliphatic heterocycles. The topological polar surface area (TPSA) is 45.2 Å². The standard InChI is InChI=1S/C18H21N3O/c22-18(14-15-8-10-19-11-9-15)20-16-4-6-17(7-5-16)21-12-2-1-3-13-21/h4-11H,1-3,12-14H2,(H,20,22). The maximum absolute atomic E-state index is 12.0. The monoisotopic (exact) mass is 295 g/mol. The van der Waals surface area contributed by atoms with Crippen LogP contribution in [0.15, 0.2) is 48.8 Å². The second-order valence-corrected chi connectivity index (χ2v) is 5.67. The molecule has 0 radical (unpaired) electrons. The minimum Gasteiger partial charge on any atom is -0.372 e. The number of benzene rings is 1. The van der Waals surface area contributed by atoms with Crippen molar-refractivity contribution in [1.82, 2.24) is 4.98 Å². The lowest BCUT2D eigenvalue weighted by atomic mass is 10.1. The molecular weight excluding hydrogens is 274 g/mol. The SMILES string of the molecule is O=C(Cc1ccncc1)Nc1ccc(N2CCCCC2)cc1. The molecule has 3 rings (SSSR count). The van der Waals surface area contributed by atoms with Crippen molar-refractivity contribution in [2.24, 2.45) is 0 Å². The molecule has 1 aromatic carbocycles. The van der Waals surface area contributed by atoms with Gasteiger partial charge in [-0.2, -0.15) is 0 Å². The fourth-order valence-electron chi connectivity index (χ4n) is 2.80. The average Bonchev–Trinajstić information content (AvgIpc) is 2.57. The summed E-state index contributed by atoms with van der Waals surface area (Å²) in [6, 6.07) is 11.9. The number of hydrogen-bond donors (Lipinski definition) is 1. The summed E-state index contributed by atoms with van der Waals surface area (Å²) in [5.74, 6) is -0.00285. The summed E-state index contributed by atoms with van der Waals surface area (Å²) in [5, 5.41) is 2.94. The summed E-state index contributed by atoms with van der Waals surface area (Å²) in [4.78, 5) is 18.4. The number of carbonyl (C=O) groups is 1. The van der Waals surface area contributed by atoms with E-state index in [1.54, 1.807) is 12.4 Å². The smallest absolute Gasteiger partial charge is 0.228 e. The van der Waals surface area contributed by atoms with E-state index in [0.29, 0.717) is 6.42 Å². The van der Waals surface area contributed by atoms with Crippen molar-refractivity contribution in [3.05, 3.63) is 54.4 Å². The Hall–Kier alpha value is -2.36. The van der Waals surface area contributed by atoms with E-state index in [4.69, 9.17) is 0 Å². The summed E-state index contributed by atoms with van der Waals surface area (Å²) in [5.41, 5.74) is 3.06. The third-order valence-electron chi connectivity index (χ3n) is 3.99. The highest BCUT2D eigenvalue weighted by Crippen LogP contribution is 2.21. The van der Waals surface area contributed by atoms with Crippen molar-refractivity contribution in [2.45, 2.75) is 25.7 Å². The zero-order valence-corrected chi connectivity index (χ0v) is 12.7. The van der Waals surface area contributed by atoms with E-state index < -0.39 is 0 Å². The van der Waals surface area contributed by atoms with E-state index in [1.165, 1.54) is 24.9 Å². The van der Waals surface area contributed by atoms with Gasteiger partial charge in [-0.3, -0.25) is 9.78 Å². The molecule has 1 fully saturated rings. The predicted octanol–water partition coefficient (Wildman–Crippen LogP) is 3.25. The van der Waals surface area contributed by atoms with Crippen LogP contribution < -0.4 is 10.2 Å². The van der Waals surface area contributed by atoms with Gasteiger partial charge >= 0.3 is 0 Å². The van der Waals surface area contributed by atoms with E-state index in [1.807, 2.05) is 24.3 Å². The van der Waals surface area contributed by atoms with Crippen LogP contribution in [0.1, 0.15) is 24.8 Å². The Morgan fingerprint density at radius 2 is 1.68 bits per heavy atom. The molecule has 0 unspecified atom stereocenters. The van der Waals surface area contributed by atoms with Crippen molar-refractivity contribution >= 4 is 17.3 Å². The Morgan fingerprint density at radius 3 is 2.36 bits per heavy atom. The van der Waals surface area contributed by atoms with Crippen LogP contribution in [0.3, 0.4) is 0 Å². The first-order chi connectivity index (χ1) is 10.8. The summed E-state index contributed by atoms with van der Waals surface area (Å²) in [6.07, 6.45) is 7.65. The fourth-order valence-corrected chi connectivity index (χ4v) is 2.80. The number of amides is 1. The van der Waals surface area contributed by atoms with Gasteiger partial charge in [-0.25, -0.2) is 0 Å². The summed E-state index contributed by atoms with van der Waals surface area (Å²) in [7, 11) is 0. The number of rotatable bonds is 4. The van der Waals surface area contributed by atoms with Crippen LogP contribution in [-0.2, 0) is 11.2 Å². The van der Waals surface area contributed by atoms with Crippen molar-refractivity contribution in [3.63, 3.8) is 0 Å². The van der Waals surface area contributed by atoms with Crippen molar-refractivity contribution in [3.8, 4) is 0 Å². The Morgan fingerprint density at radius 1 is 1.00 bits per heavy atom. The molecule has 22 heavy (non-hydrogen) atoms. The Bertz CT molecular complexity index is 604. The van der Waals surface area contributed by atoms with Gasteiger partial charge in [0.1, 0.15) is 0 Å². The number of aromatic nitrogens is 1. The van der Waals surface area contributed by atoms with Gasteiger partial charge < -0.3 is 10.2 Å². The first-order valence-corrected chi connectivity index (χ1v) is 7.85. The first kappa shape index (κ1) is 14.6. The lowest BCUT2D eigenvalue weighted by molar-refractivity contribution is -0.115. The highest BCUT2D eigenvalue weighted by molar-refractivity contribution is 5.92. The molecule has 1 saturated heterocycles. The van der Waals surface area contributed by atoms with Gasteiger partial charge in [0, 0.05) is 36.9 Å². The number of carbonyl (C=O) groups excluding carboxylic acids is 1. The Balaban J connectivity index is 1.57. The molecule has 1 aromatic heterocycles. The van der Waals surface area contributed by atoms with E-state index in [2.05, 4.69) is 27.3 Å². The molecule has 0 aliphatic carbocycles. The second kappa shape index (κ2) is 7.07. The molecule has 0 atom stereocenters. The molecule has 0 spiro atoms. The molecule has 1 N–H and O–H groups in total. The van der Waals surface area contributed by atoms with Crippen LogP contribution in [0.4, 0.5) is 11.4 Å². The van der Waals surface area contributed by atoms with E-state index >= 15 is 0 Å². The van der Waals surface area contributed by atoms with Crippen molar-refractivity contribution in [1.29, 1.82) is 0 Å². The van der Waals surface area contributed by atoms with Gasteiger partial charge in [0.25, 0.3) is 0 Å². The molecule has 0 saturated carbocycles. The summed E-state index contributed by atoms with van der Waals surface area (Å²) >= 11 is 0. The number of nitrogens with one attached hydrogen (secondary N) is 1. The summed E-state index contributed by atoms with van der Waals surface area (Å²) < 4.78 is 0. The maximum atomic E-state index is 12.0. The molecule has 2 aromatic rings. The van der Waals surface area contributed by atoms with E-state index in [9.17, 15) is 4.79 Å². The van der Waals surface area contributed by atoms with Gasteiger partial charge in [0.2, 0.25) is 5.91 Å². The largest absolute Gasteiger partial charge is 0.372 e. The van der Waals surface area contributed by atoms with Gasteiger partial charge in [-0.1, -0.05) is 0 Å². The van der Waals surface area contributed by atoms with Crippen molar-refractivity contribution in [2.75, 3.05) is 23.3 Å². The van der Waals surface area contributed by atoms with Gasteiger partial charge in [-0.15, -0.1) is 0 Å². The van der Waals surface area contributed by atoms with Crippen LogP contribution in [-0.4, -0.2) is 24.0 Å². The molecule has 1 aliphatic rings. The first-order valence-electron chi connectivity index (χ1n) is 7.85. The Labute approximate surface area is 131 Å². The van der Waals surface area contributed by atoms with E-state index in [-0.39, 0.29) is 5.91 Å². The third-order valence-corrected chi connectivity index (χ3v) is 3.99. The van der Waals surface area contributed by atoms with Crippen LogP contribution in [0.5, 0.6) is 0 Å². The second-order valence-electron chi connectivity index (χ2n) is 5.67. The minimum atomic E-state index is -0.00285. The van der Waals surface area contributed by atoms with E-state index in [0.717, 1.165) is 24.3 Å². The predicted molar refractivity (Wildman–Crippen MR) is 89.1 cm³/mol. The molecule has 114 valence electrons. The van der Waals surface area contributed by atoms with Crippen LogP contribution >= 0.6 is 0 Å². The van der Waals surface area contributed by atoms with Gasteiger partial charge in [-0.05, 0) is 61.2 Å². The minimum absolute atomic E-state index is 0.00285. The highest BCUT2D eigenvalue weighted by Gasteiger charge is 2.11. The van der Waals surface area contributed by atoms with Crippen LogP contribution in [0, 0.1) is 0 Å². The number of pyridine rings is 1. The maximum Gasteiger partial charge on any atom is 0.228 e. The molecular formula is C18H21N3O. The zero-order chi connectivity index (χ0) is 15.2. The number of hydrogen-bond acceptors (Lipinski definition) is 3. The molecule has 2 heterocycles. The quantitative estimate of drug-likeness (QED) is 0.941. The highest BCUT2D eigenvalue weighted by atomic mass is 16.1. The molecule has 4 heteroatoms. The van der Waals surface area contributed by atoms with Gasteiger partial charge in [0.15, 0.2) is 0 Å². The van der Waals surface area contributed by atoms with Crippen LogP contribution in [0.25, 0.3) is 0 Å². The molecule has 4 nitrogen and oxygen atoms in total.